The Labute approximate surface area is 129 Å². The van der Waals surface area contributed by atoms with E-state index in [-0.39, 0.29) is 17.1 Å². The van der Waals surface area contributed by atoms with Crippen molar-refractivity contribution >= 4 is 5.91 Å². The molecule has 0 radical (unpaired) electrons. The van der Waals surface area contributed by atoms with Crippen LogP contribution in [0.25, 0.3) is 0 Å². The number of amides is 1. The smallest absolute Gasteiger partial charge is 0.223 e. The molecule has 122 valence electrons. The lowest BCUT2D eigenvalue weighted by molar-refractivity contribution is -0.188. The van der Waals surface area contributed by atoms with Crippen LogP contribution in [-0.2, 0) is 9.53 Å². The molecule has 0 saturated carbocycles. The monoisotopic (exact) mass is 296 g/mol. The van der Waals surface area contributed by atoms with E-state index in [1.54, 1.807) is 0 Å². The van der Waals surface area contributed by atoms with Gasteiger partial charge in [0.15, 0.2) is 0 Å². The number of carbonyl (C=O) groups is 1. The molecule has 1 N–H and O–H groups in total. The van der Waals surface area contributed by atoms with Gasteiger partial charge in [0, 0.05) is 19.5 Å². The summed E-state index contributed by atoms with van der Waals surface area (Å²) in [6.07, 6.45) is 3.15. The van der Waals surface area contributed by atoms with Crippen LogP contribution in [0.15, 0.2) is 0 Å². The first kappa shape index (κ1) is 16.8. The molecule has 0 aromatic rings. The molecule has 2 aliphatic heterocycles. The van der Waals surface area contributed by atoms with Crippen LogP contribution >= 0.6 is 0 Å². The molecule has 0 aromatic carbocycles. The van der Waals surface area contributed by atoms with Crippen molar-refractivity contribution < 1.29 is 9.53 Å². The molecule has 0 aliphatic carbocycles. The number of morpholine rings is 1. The zero-order valence-electron chi connectivity index (χ0n) is 14.4. The molecule has 2 fully saturated rings. The van der Waals surface area contributed by atoms with E-state index in [2.05, 4.69) is 39.9 Å². The van der Waals surface area contributed by atoms with Crippen molar-refractivity contribution in [3.63, 3.8) is 0 Å². The highest BCUT2D eigenvalue weighted by Gasteiger charge is 2.40. The molecule has 2 aliphatic rings. The van der Waals surface area contributed by atoms with Gasteiger partial charge in [-0.1, -0.05) is 6.92 Å². The number of hydrogen-bond acceptors (Lipinski definition) is 3. The van der Waals surface area contributed by atoms with Crippen LogP contribution in [0.5, 0.6) is 0 Å². The topological polar surface area (TPSA) is 41.6 Å². The minimum Gasteiger partial charge on any atom is -0.366 e. The predicted octanol–water partition coefficient (Wildman–Crippen LogP) is 2.43. The van der Waals surface area contributed by atoms with Crippen molar-refractivity contribution in [1.29, 1.82) is 0 Å². The minimum atomic E-state index is -0.257. The molecule has 4 nitrogen and oxygen atoms in total. The first-order valence-corrected chi connectivity index (χ1v) is 8.37. The molecule has 0 bridgehead atoms. The molecule has 0 spiro atoms. The third-order valence-electron chi connectivity index (χ3n) is 4.68. The van der Waals surface area contributed by atoms with Gasteiger partial charge in [-0.15, -0.1) is 0 Å². The van der Waals surface area contributed by atoms with E-state index in [0.717, 1.165) is 13.1 Å². The van der Waals surface area contributed by atoms with E-state index in [0.29, 0.717) is 31.3 Å². The summed E-state index contributed by atoms with van der Waals surface area (Å²) in [5, 5.41) is 3.45. The molecule has 2 rings (SSSR count). The van der Waals surface area contributed by atoms with Crippen LogP contribution in [0.4, 0.5) is 0 Å². The quantitative estimate of drug-likeness (QED) is 0.869. The van der Waals surface area contributed by atoms with Crippen LogP contribution in [0.2, 0.25) is 0 Å². The molecule has 4 heteroatoms. The summed E-state index contributed by atoms with van der Waals surface area (Å²) >= 11 is 0. The second-order valence-corrected chi connectivity index (χ2v) is 8.16. The third kappa shape index (κ3) is 4.68. The molecular weight excluding hydrogens is 264 g/mol. The lowest BCUT2D eigenvalue weighted by atomic mass is 9.85. The van der Waals surface area contributed by atoms with Crippen LogP contribution in [-0.4, -0.2) is 48.2 Å². The largest absolute Gasteiger partial charge is 0.366 e. The summed E-state index contributed by atoms with van der Waals surface area (Å²) in [5.41, 5.74) is -0.514. The van der Waals surface area contributed by atoms with E-state index in [1.165, 1.54) is 12.8 Å². The average molecular weight is 296 g/mol. The molecule has 2 saturated heterocycles. The van der Waals surface area contributed by atoms with Crippen molar-refractivity contribution in [1.82, 2.24) is 10.2 Å². The maximum atomic E-state index is 12.7. The fourth-order valence-electron chi connectivity index (χ4n) is 3.90. The van der Waals surface area contributed by atoms with Gasteiger partial charge in [-0.25, -0.2) is 0 Å². The Hall–Kier alpha value is -0.610. The summed E-state index contributed by atoms with van der Waals surface area (Å²) in [7, 11) is 0. The zero-order valence-corrected chi connectivity index (χ0v) is 14.4. The standard InChI is InChI=1S/C17H32N2O2/c1-13(14-7-6-8-18-10-14)9-15(20)19-11-16(2,3)21-17(4,5)12-19/h13-14,18H,6-12H2,1-5H3. The summed E-state index contributed by atoms with van der Waals surface area (Å²) < 4.78 is 6.06. The van der Waals surface area contributed by atoms with Gasteiger partial charge in [-0.05, 0) is 65.5 Å². The van der Waals surface area contributed by atoms with Gasteiger partial charge < -0.3 is 15.0 Å². The average Bonchev–Trinajstić information content (AvgIpc) is 2.36. The van der Waals surface area contributed by atoms with Crippen molar-refractivity contribution in [3.05, 3.63) is 0 Å². The predicted molar refractivity (Wildman–Crippen MR) is 85.2 cm³/mol. The molecule has 21 heavy (non-hydrogen) atoms. The summed E-state index contributed by atoms with van der Waals surface area (Å²) in [5.74, 6) is 1.39. The number of hydrogen-bond donors (Lipinski definition) is 1. The van der Waals surface area contributed by atoms with Crippen LogP contribution in [0.3, 0.4) is 0 Å². The van der Waals surface area contributed by atoms with E-state index >= 15 is 0 Å². The maximum absolute atomic E-state index is 12.7. The Bertz CT molecular complexity index is 357. The number of nitrogens with zero attached hydrogens (tertiary/aromatic N) is 1. The van der Waals surface area contributed by atoms with Crippen molar-refractivity contribution in [2.24, 2.45) is 11.8 Å². The van der Waals surface area contributed by atoms with Gasteiger partial charge in [0.25, 0.3) is 0 Å². The van der Waals surface area contributed by atoms with E-state index in [9.17, 15) is 4.79 Å². The first-order valence-electron chi connectivity index (χ1n) is 8.37. The second-order valence-electron chi connectivity index (χ2n) is 8.16. The maximum Gasteiger partial charge on any atom is 0.223 e. The van der Waals surface area contributed by atoms with E-state index in [4.69, 9.17) is 4.74 Å². The SMILES string of the molecule is CC(CC(=O)N1CC(C)(C)OC(C)(C)C1)C1CCCNC1. The molecule has 0 aromatic heterocycles. The fraction of sp³-hybridized carbons (Fsp3) is 0.941. The molecule has 2 atom stereocenters. The van der Waals surface area contributed by atoms with Gasteiger partial charge in [0.05, 0.1) is 11.2 Å². The fourth-order valence-corrected chi connectivity index (χ4v) is 3.90. The lowest BCUT2D eigenvalue weighted by Crippen LogP contribution is -2.58. The Balaban J connectivity index is 1.92. The number of ether oxygens (including phenoxy) is 1. The summed E-state index contributed by atoms with van der Waals surface area (Å²) in [4.78, 5) is 14.7. The number of carbonyl (C=O) groups excluding carboxylic acids is 1. The Morgan fingerprint density at radius 2 is 1.90 bits per heavy atom. The third-order valence-corrected chi connectivity index (χ3v) is 4.68. The number of piperidine rings is 1. The highest BCUT2D eigenvalue weighted by atomic mass is 16.5. The van der Waals surface area contributed by atoms with Crippen LogP contribution in [0, 0.1) is 11.8 Å². The van der Waals surface area contributed by atoms with Gasteiger partial charge in [-0.2, -0.15) is 0 Å². The lowest BCUT2D eigenvalue weighted by Gasteiger charge is -2.47. The van der Waals surface area contributed by atoms with E-state index < -0.39 is 0 Å². The Morgan fingerprint density at radius 3 is 2.43 bits per heavy atom. The first-order chi connectivity index (χ1) is 9.69. The molecule has 2 heterocycles. The number of nitrogens with one attached hydrogen (secondary N) is 1. The van der Waals surface area contributed by atoms with Crippen molar-refractivity contribution in [3.8, 4) is 0 Å². The van der Waals surface area contributed by atoms with Crippen LogP contribution in [0.1, 0.15) is 53.9 Å². The molecule has 1 amide bonds. The molecular formula is C17H32N2O2. The van der Waals surface area contributed by atoms with Gasteiger partial charge in [0.2, 0.25) is 5.91 Å². The molecule has 2 unspecified atom stereocenters. The highest BCUT2D eigenvalue weighted by Crippen LogP contribution is 2.30. The van der Waals surface area contributed by atoms with Gasteiger partial charge >= 0.3 is 0 Å². The second kappa shape index (κ2) is 6.25. The van der Waals surface area contributed by atoms with Crippen molar-refractivity contribution in [2.45, 2.75) is 65.1 Å². The zero-order chi connectivity index (χ0) is 15.7. The Morgan fingerprint density at radius 1 is 1.29 bits per heavy atom. The van der Waals surface area contributed by atoms with Gasteiger partial charge in [-0.3, -0.25) is 4.79 Å². The normalized spacial score (nSPS) is 30.0. The van der Waals surface area contributed by atoms with E-state index in [1.807, 2.05) is 4.90 Å². The highest BCUT2D eigenvalue weighted by molar-refractivity contribution is 5.76. The Kier molecular flexibility index (Phi) is 4.99. The summed E-state index contributed by atoms with van der Waals surface area (Å²) in [6.45, 7) is 14.1. The van der Waals surface area contributed by atoms with Crippen molar-refractivity contribution in [2.75, 3.05) is 26.2 Å². The van der Waals surface area contributed by atoms with Crippen LogP contribution < -0.4 is 5.32 Å². The summed E-state index contributed by atoms with van der Waals surface area (Å²) in [6, 6.07) is 0. The van der Waals surface area contributed by atoms with Gasteiger partial charge in [0.1, 0.15) is 0 Å². The minimum absolute atomic E-state index is 0.257. The number of rotatable bonds is 3.